The number of hydrogen-bond donors (Lipinski definition) is 1. The molecule has 8 heteroatoms. The number of ketones is 1. The third-order valence-corrected chi connectivity index (χ3v) is 3.69. The summed E-state index contributed by atoms with van der Waals surface area (Å²) in [6.45, 7) is 1.08. The average Bonchev–Trinajstić information content (AvgIpc) is 2.82. The van der Waals surface area contributed by atoms with Crippen molar-refractivity contribution in [2.75, 3.05) is 0 Å². The van der Waals surface area contributed by atoms with E-state index in [4.69, 9.17) is 0 Å². The van der Waals surface area contributed by atoms with Gasteiger partial charge in [-0.3, -0.25) is 9.59 Å². The highest BCUT2D eigenvalue weighted by Crippen LogP contribution is 2.34. The standard InChI is InChI=1S/C17H9F4NO3/c1-7(23)22-13-6-9(18)2-3-10(13)14(17(22)25)16(24)8-4-11(19)15(21)12(20)5-8/h2-6,25H,1H3. The van der Waals surface area contributed by atoms with Crippen LogP contribution in [-0.2, 0) is 0 Å². The maximum Gasteiger partial charge on any atom is 0.230 e. The minimum atomic E-state index is -1.74. The third-order valence-electron chi connectivity index (χ3n) is 3.69. The van der Waals surface area contributed by atoms with Gasteiger partial charge in [-0.25, -0.2) is 22.1 Å². The SMILES string of the molecule is CC(=O)n1c(O)c(C(=O)c2cc(F)c(F)c(F)c2)c2ccc(F)cc21. The van der Waals surface area contributed by atoms with Gasteiger partial charge in [0.05, 0.1) is 11.1 Å². The molecule has 1 aromatic heterocycles. The van der Waals surface area contributed by atoms with Crippen molar-refractivity contribution in [1.82, 2.24) is 4.57 Å². The van der Waals surface area contributed by atoms with Crippen LogP contribution < -0.4 is 0 Å². The van der Waals surface area contributed by atoms with Crippen LogP contribution >= 0.6 is 0 Å². The minimum absolute atomic E-state index is 0.00393. The van der Waals surface area contributed by atoms with Gasteiger partial charge >= 0.3 is 0 Å². The molecule has 0 saturated carbocycles. The highest BCUT2D eigenvalue weighted by atomic mass is 19.2. The summed E-state index contributed by atoms with van der Waals surface area (Å²) in [4.78, 5) is 24.3. The summed E-state index contributed by atoms with van der Waals surface area (Å²) in [5.41, 5.74) is -1.11. The number of rotatable bonds is 2. The highest BCUT2D eigenvalue weighted by Gasteiger charge is 2.26. The molecule has 1 N–H and O–H groups in total. The second-order valence-corrected chi connectivity index (χ2v) is 5.30. The molecule has 2 aromatic carbocycles. The topological polar surface area (TPSA) is 59.3 Å². The van der Waals surface area contributed by atoms with Gasteiger partial charge in [-0.1, -0.05) is 0 Å². The predicted molar refractivity (Wildman–Crippen MR) is 79.6 cm³/mol. The molecule has 0 saturated heterocycles. The van der Waals surface area contributed by atoms with Gasteiger partial charge in [0.15, 0.2) is 23.2 Å². The molecular formula is C17H9F4NO3. The number of benzene rings is 2. The van der Waals surface area contributed by atoms with Crippen LogP contribution in [0.3, 0.4) is 0 Å². The summed E-state index contributed by atoms with van der Waals surface area (Å²) >= 11 is 0. The third kappa shape index (κ3) is 2.55. The minimum Gasteiger partial charge on any atom is -0.494 e. The zero-order valence-corrected chi connectivity index (χ0v) is 12.6. The first kappa shape index (κ1) is 16.7. The Morgan fingerprint density at radius 2 is 1.60 bits per heavy atom. The van der Waals surface area contributed by atoms with Crippen LogP contribution in [0, 0.1) is 23.3 Å². The molecule has 0 unspecified atom stereocenters. The highest BCUT2D eigenvalue weighted by molar-refractivity contribution is 6.19. The Balaban J connectivity index is 2.31. The van der Waals surface area contributed by atoms with Gasteiger partial charge in [-0.15, -0.1) is 0 Å². The molecule has 3 aromatic rings. The van der Waals surface area contributed by atoms with E-state index in [0.29, 0.717) is 16.7 Å². The number of fused-ring (bicyclic) bond motifs is 1. The Morgan fingerprint density at radius 3 is 2.16 bits per heavy atom. The van der Waals surface area contributed by atoms with Crippen molar-refractivity contribution < 1.29 is 32.3 Å². The van der Waals surface area contributed by atoms with E-state index in [1.54, 1.807) is 0 Å². The van der Waals surface area contributed by atoms with Gasteiger partial charge in [0.2, 0.25) is 11.8 Å². The van der Waals surface area contributed by atoms with Crippen LogP contribution in [-0.4, -0.2) is 21.4 Å². The van der Waals surface area contributed by atoms with E-state index < -0.39 is 52.0 Å². The molecule has 0 bridgehead atoms. The lowest BCUT2D eigenvalue weighted by atomic mass is 10.0. The number of carbonyl (C=O) groups excluding carboxylic acids is 2. The molecule has 0 amide bonds. The maximum absolute atomic E-state index is 13.5. The Kier molecular flexibility index (Phi) is 3.82. The Bertz CT molecular complexity index is 1030. The van der Waals surface area contributed by atoms with Crippen molar-refractivity contribution in [3.05, 3.63) is 64.7 Å². The van der Waals surface area contributed by atoms with Crippen LogP contribution in [0.25, 0.3) is 10.9 Å². The fraction of sp³-hybridized carbons (Fsp3) is 0.0588. The molecule has 128 valence electrons. The molecule has 0 atom stereocenters. The monoisotopic (exact) mass is 351 g/mol. The van der Waals surface area contributed by atoms with Crippen molar-refractivity contribution in [3.63, 3.8) is 0 Å². The first-order chi connectivity index (χ1) is 11.7. The first-order valence-corrected chi connectivity index (χ1v) is 6.95. The van der Waals surface area contributed by atoms with Crippen LogP contribution in [0.5, 0.6) is 5.88 Å². The molecule has 0 aliphatic heterocycles. The number of aromatic hydroxyl groups is 1. The number of aromatic nitrogens is 1. The van der Waals surface area contributed by atoms with Crippen molar-refractivity contribution in [1.29, 1.82) is 0 Å². The van der Waals surface area contributed by atoms with E-state index in [0.717, 1.165) is 25.1 Å². The fourth-order valence-corrected chi connectivity index (χ4v) is 2.62. The number of nitrogens with zero attached hydrogens (tertiary/aromatic N) is 1. The van der Waals surface area contributed by atoms with Gasteiger partial charge in [-0.05, 0) is 30.3 Å². The largest absolute Gasteiger partial charge is 0.494 e. The molecule has 0 aliphatic rings. The Morgan fingerprint density at radius 1 is 1.00 bits per heavy atom. The van der Waals surface area contributed by atoms with Gasteiger partial charge in [0.25, 0.3) is 0 Å². The summed E-state index contributed by atoms with van der Waals surface area (Å²) < 4.78 is 54.0. The van der Waals surface area contributed by atoms with Crippen molar-refractivity contribution in [3.8, 4) is 5.88 Å². The van der Waals surface area contributed by atoms with E-state index in [-0.39, 0.29) is 10.9 Å². The van der Waals surface area contributed by atoms with Crippen LogP contribution in [0.1, 0.15) is 27.6 Å². The molecule has 0 aliphatic carbocycles. The molecular weight excluding hydrogens is 342 g/mol. The van der Waals surface area contributed by atoms with Crippen LogP contribution in [0.2, 0.25) is 0 Å². The van der Waals surface area contributed by atoms with Gasteiger partial charge < -0.3 is 5.11 Å². The van der Waals surface area contributed by atoms with Crippen molar-refractivity contribution in [2.45, 2.75) is 6.92 Å². The second kappa shape index (κ2) is 5.73. The van der Waals surface area contributed by atoms with Crippen LogP contribution in [0.4, 0.5) is 17.6 Å². The summed E-state index contributed by atoms with van der Waals surface area (Å²) in [6.07, 6.45) is 0. The van der Waals surface area contributed by atoms with Gasteiger partial charge in [0.1, 0.15) is 5.82 Å². The zero-order chi connectivity index (χ0) is 18.5. The lowest BCUT2D eigenvalue weighted by molar-refractivity contribution is 0.0933. The summed E-state index contributed by atoms with van der Waals surface area (Å²) in [5, 5.41) is 10.2. The smallest absolute Gasteiger partial charge is 0.230 e. The van der Waals surface area contributed by atoms with Gasteiger partial charge in [-0.2, -0.15) is 0 Å². The zero-order valence-electron chi connectivity index (χ0n) is 12.6. The van der Waals surface area contributed by atoms with E-state index in [1.165, 1.54) is 0 Å². The first-order valence-electron chi connectivity index (χ1n) is 6.95. The second-order valence-electron chi connectivity index (χ2n) is 5.30. The normalized spacial score (nSPS) is 11.1. The maximum atomic E-state index is 13.5. The summed E-state index contributed by atoms with van der Waals surface area (Å²) in [7, 11) is 0. The lowest BCUT2D eigenvalue weighted by Crippen LogP contribution is -2.07. The number of halogens is 4. The molecule has 0 radical (unpaired) electrons. The number of hydrogen-bond acceptors (Lipinski definition) is 3. The van der Waals surface area contributed by atoms with Crippen molar-refractivity contribution >= 4 is 22.6 Å². The Hall–Kier alpha value is -3.16. The van der Waals surface area contributed by atoms with Crippen molar-refractivity contribution in [2.24, 2.45) is 0 Å². The molecule has 0 fully saturated rings. The molecule has 1 heterocycles. The number of carbonyl (C=O) groups is 2. The molecule has 3 rings (SSSR count). The quantitative estimate of drug-likeness (QED) is 0.434. The van der Waals surface area contributed by atoms with E-state index in [9.17, 15) is 32.3 Å². The Labute approximate surface area is 137 Å². The average molecular weight is 351 g/mol. The fourth-order valence-electron chi connectivity index (χ4n) is 2.62. The molecule has 0 spiro atoms. The summed E-state index contributed by atoms with van der Waals surface area (Å²) in [5.74, 6) is -8.17. The lowest BCUT2D eigenvalue weighted by Gasteiger charge is -2.04. The van der Waals surface area contributed by atoms with E-state index in [1.807, 2.05) is 0 Å². The van der Waals surface area contributed by atoms with Gasteiger partial charge in [0, 0.05) is 17.9 Å². The van der Waals surface area contributed by atoms with E-state index in [2.05, 4.69) is 0 Å². The summed E-state index contributed by atoms with van der Waals surface area (Å²) in [6, 6.07) is 4.02. The molecule has 25 heavy (non-hydrogen) atoms. The van der Waals surface area contributed by atoms with E-state index >= 15 is 0 Å². The predicted octanol–water partition coefficient (Wildman–Crippen LogP) is 3.79. The van der Waals surface area contributed by atoms with Crippen LogP contribution in [0.15, 0.2) is 30.3 Å². The molecule has 4 nitrogen and oxygen atoms in total.